The van der Waals surface area contributed by atoms with E-state index in [0.717, 1.165) is 18.9 Å². The SMILES string of the molecule is NC1(C(=O)c2ccccc2C(F)(F)F)CCCC1. The third kappa shape index (κ3) is 2.27. The topological polar surface area (TPSA) is 43.1 Å². The van der Waals surface area contributed by atoms with Crippen molar-refractivity contribution in [3.05, 3.63) is 35.4 Å². The van der Waals surface area contributed by atoms with Crippen LogP contribution >= 0.6 is 0 Å². The fraction of sp³-hybridized carbons (Fsp3) is 0.462. The van der Waals surface area contributed by atoms with Crippen molar-refractivity contribution in [3.63, 3.8) is 0 Å². The summed E-state index contributed by atoms with van der Waals surface area (Å²) >= 11 is 0. The number of benzene rings is 1. The predicted molar refractivity (Wildman–Crippen MR) is 61.2 cm³/mol. The van der Waals surface area contributed by atoms with Crippen LogP contribution in [-0.4, -0.2) is 11.3 Å². The Morgan fingerprint density at radius 2 is 1.72 bits per heavy atom. The van der Waals surface area contributed by atoms with Crippen molar-refractivity contribution in [2.75, 3.05) is 0 Å². The maximum atomic E-state index is 12.8. The highest BCUT2D eigenvalue weighted by Gasteiger charge is 2.42. The minimum Gasteiger partial charge on any atom is -0.319 e. The molecule has 1 aliphatic carbocycles. The fourth-order valence-corrected chi connectivity index (χ4v) is 2.43. The van der Waals surface area contributed by atoms with Crippen molar-refractivity contribution in [2.45, 2.75) is 37.4 Å². The van der Waals surface area contributed by atoms with Crippen LogP contribution in [0.3, 0.4) is 0 Å². The van der Waals surface area contributed by atoms with E-state index in [1.54, 1.807) is 0 Å². The molecule has 0 bridgehead atoms. The normalized spacial score (nSPS) is 18.9. The van der Waals surface area contributed by atoms with E-state index in [2.05, 4.69) is 0 Å². The van der Waals surface area contributed by atoms with Gasteiger partial charge in [-0.3, -0.25) is 4.79 Å². The summed E-state index contributed by atoms with van der Waals surface area (Å²) in [5.41, 5.74) is 3.60. The highest BCUT2D eigenvalue weighted by atomic mass is 19.4. The zero-order valence-corrected chi connectivity index (χ0v) is 9.76. The fourth-order valence-electron chi connectivity index (χ4n) is 2.43. The Morgan fingerprint density at radius 3 is 2.28 bits per heavy atom. The molecule has 0 aromatic heterocycles. The van der Waals surface area contributed by atoms with E-state index in [4.69, 9.17) is 5.73 Å². The first-order chi connectivity index (χ1) is 8.34. The van der Waals surface area contributed by atoms with Gasteiger partial charge in [0.1, 0.15) is 0 Å². The van der Waals surface area contributed by atoms with Crippen LogP contribution in [-0.2, 0) is 6.18 Å². The maximum absolute atomic E-state index is 12.8. The van der Waals surface area contributed by atoms with Gasteiger partial charge in [0.2, 0.25) is 0 Å². The molecule has 1 aliphatic rings. The number of hydrogen-bond donors (Lipinski definition) is 1. The van der Waals surface area contributed by atoms with Gasteiger partial charge in [-0.2, -0.15) is 13.2 Å². The summed E-state index contributed by atoms with van der Waals surface area (Å²) < 4.78 is 38.5. The second kappa shape index (κ2) is 4.39. The van der Waals surface area contributed by atoms with Crippen LogP contribution in [0.5, 0.6) is 0 Å². The number of halogens is 3. The largest absolute Gasteiger partial charge is 0.417 e. The number of nitrogens with two attached hydrogens (primary N) is 1. The number of carbonyl (C=O) groups is 1. The highest BCUT2D eigenvalue weighted by molar-refractivity contribution is 6.04. The molecule has 1 fully saturated rings. The smallest absolute Gasteiger partial charge is 0.319 e. The van der Waals surface area contributed by atoms with E-state index < -0.39 is 23.1 Å². The second-order valence-electron chi connectivity index (χ2n) is 4.74. The third-order valence-corrected chi connectivity index (χ3v) is 3.43. The maximum Gasteiger partial charge on any atom is 0.417 e. The Kier molecular flexibility index (Phi) is 3.19. The summed E-state index contributed by atoms with van der Waals surface area (Å²) in [7, 11) is 0. The van der Waals surface area contributed by atoms with Crippen LogP contribution in [0.1, 0.15) is 41.6 Å². The highest BCUT2D eigenvalue weighted by Crippen LogP contribution is 2.36. The molecule has 1 aromatic rings. The number of Topliss-reactive ketones (excluding diaryl/α,β-unsaturated/α-hetero) is 1. The van der Waals surface area contributed by atoms with E-state index in [1.165, 1.54) is 18.2 Å². The lowest BCUT2D eigenvalue weighted by Crippen LogP contribution is -2.45. The second-order valence-corrected chi connectivity index (χ2v) is 4.74. The molecular formula is C13H14F3NO. The van der Waals surface area contributed by atoms with E-state index in [9.17, 15) is 18.0 Å². The molecule has 5 heteroatoms. The average molecular weight is 257 g/mol. The summed E-state index contributed by atoms with van der Waals surface area (Å²) in [5.74, 6) is -0.590. The van der Waals surface area contributed by atoms with Gasteiger partial charge in [-0.1, -0.05) is 31.0 Å². The van der Waals surface area contributed by atoms with Crippen LogP contribution in [0.25, 0.3) is 0 Å². The molecule has 2 N–H and O–H groups in total. The van der Waals surface area contributed by atoms with Crippen molar-refractivity contribution < 1.29 is 18.0 Å². The lowest BCUT2D eigenvalue weighted by atomic mass is 9.86. The molecule has 18 heavy (non-hydrogen) atoms. The van der Waals surface area contributed by atoms with Crippen LogP contribution in [0, 0.1) is 0 Å². The molecule has 0 unspecified atom stereocenters. The van der Waals surface area contributed by atoms with Crippen molar-refractivity contribution >= 4 is 5.78 Å². The Morgan fingerprint density at radius 1 is 1.17 bits per heavy atom. The molecule has 0 aliphatic heterocycles. The monoisotopic (exact) mass is 257 g/mol. The number of alkyl halides is 3. The molecule has 0 atom stereocenters. The van der Waals surface area contributed by atoms with Crippen LogP contribution in [0.15, 0.2) is 24.3 Å². The molecule has 0 saturated heterocycles. The molecule has 1 aromatic carbocycles. The van der Waals surface area contributed by atoms with Crippen LogP contribution < -0.4 is 5.73 Å². The van der Waals surface area contributed by atoms with Gasteiger partial charge >= 0.3 is 6.18 Å². The minimum absolute atomic E-state index is 0.311. The number of carbonyl (C=O) groups excluding carboxylic acids is 1. The van der Waals surface area contributed by atoms with Gasteiger partial charge < -0.3 is 5.73 Å². The van der Waals surface area contributed by atoms with Gasteiger partial charge in [0.15, 0.2) is 5.78 Å². The first-order valence-corrected chi connectivity index (χ1v) is 5.84. The molecule has 98 valence electrons. The van der Waals surface area contributed by atoms with Crippen molar-refractivity contribution in [2.24, 2.45) is 5.73 Å². The molecule has 0 radical (unpaired) electrons. The summed E-state index contributed by atoms with van der Waals surface area (Å²) in [6.07, 6.45) is -2.04. The van der Waals surface area contributed by atoms with E-state index in [1.807, 2.05) is 0 Å². The molecule has 0 amide bonds. The predicted octanol–water partition coefficient (Wildman–Crippen LogP) is 3.16. The van der Waals surface area contributed by atoms with Crippen molar-refractivity contribution in [1.82, 2.24) is 0 Å². The molecule has 2 nitrogen and oxygen atoms in total. The zero-order valence-electron chi connectivity index (χ0n) is 9.76. The van der Waals surface area contributed by atoms with Crippen molar-refractivity contribution in [3.8, 4) is 0 Å². The molecule has 2 rings (SSSR count). The Bertz CT molecular complexity index is 462. The quantitative estimate of drug-likeness (QED) is 0.827. The molecular weight excluding hydrogens is 243 g/mol. The first-order valence-electron chi connectivity index (χ1n) is 5.84. The number of ketones is 1. The third-order valence-electron chi connectivity index (χ3n) is 3.43. The summed E-state index contributed by atoms with van der Waals surface area (Å²) in [6, 6.07) is 4.84. The Hall–Kier alpha value is -1.36. The van der Waals surface area contributed by atoms with E-state index in [0.29, 0.717) is 12.8 Å². The lowest BCUT2D eigenvalue weighted by Gasteiger charge is -2.23. The molecule has 1 saturated carbocycles. The summed E-state index contributed by atoms with van der Waals surface area (Å²) in [5, 5.41) is 0. The Balaban J connectivity index is 2.42. The van der Waals surface area contributed by atoms with Gasteiger partial charge in [0.05, 0.1) is 11.1 Å². The minimum atomic E-state index is -4.53. The average Bonchev–Trinajstić information content (AvgIpc) is 2.75. The first kappa shape index (κ1) is 13.1. The Labute approximate surface area is 103 Å². The van der Waals surface area contributed by atoms with Gasteiger partial charge in [-0.05, 0) is 18.9 Å². The standard InChI is InChI=1S/C13H14F3NO/c14-13(15,16)10-6-2-1-5-9(10)11(18)12(17)7-3-4-8-12/h1-2,5-6H,3-4,7-8,17H2. The molecule has 0 spiro atoms. The van der Waals surface area contributed by atoms with Crippen LogP contribution in [0.2, 0.25) is 0 Å². The van der Waals surface area contributed by atoms with E-state index in [-0.39, 0.29) is 5.56 Å². The summed E-state index contributed by atoms with van der Waals surface area (Å²) in [4.78, 5) is 12.2. The van der Waals surface area contributed by atoms with Gasteiger partial charge in [-0.25, -0.2) is 0 Å². The van der Waals surface area contributed by atoms with Gasteiger partial charge in [0.25, 0.3) is 0 Å². The number of rotatable bonds is 2. The summed E-state index contributed by atoms with van der Waals surface area (Å²) in [6.45, 7) is 0. The lowest BCUT2D eigenvalue weighted by molar-refractivity contribution is -0.137. The number of hydrogen-bond acceptors (Lipinski definition) is 2. The van der Waals surface area contributed by atoms with E-state index >= 15 is 0 Å². The van der Waals surface area contributed by atoms with Crippen molar-refractivity contribution in [1.29, 1.82) is 0 Å². The van der Waals surface area contributed by atoms with Crippen LogP contribution in [0.4, 0.5) is 13.2 Å². The van der Waals surface area contributed by atoms with Gasteiger partial charge in [0, 0.05) is 5.56 Å². The zero-order chi connectivity index (χ0) is 13.4. The van der Waals surface area contributed by atoms with Gasteiger partial charge in [-0.15, -0.1) is 0 Å². The molecule has 0 heterocycles.